The molecule has 0 aliphatic rings. The molecule has 0 atom stereocenters. The lowest BCUT2D eigenvalue weighted by Gasteiger charge is -2.07. The van der Waals surface area contributed by atoms with Crippen molar-refractivity contribution < 1.29 is 13.9 Å². The maximum atomic E-state index is 13.9. The highest BCUT2D eigenvalue weighted by Gasteiger charge is 2.13. The third-order valence-corrected chi connectivity index (χ3v) is 3.50. The number of benzene rings is 2. The number of carbonyl (C=O) groups is 1. The minimum Gasteiger partial charge on any atom is -0.494 e. The lowest BCUT2D eigenvalue weighted by molar-refractivity contribution is 0.0991. The molecule has 0 aliphatic heterocycles. The van der Waals surface area contributed by atoms with Crippen molar-refractivity contribution in [1.82, 2.24) is 0 Å². The lowest BCUT2D eigenvalue weighted by atomic mass is 10.0. The van der Waals surface area contributed by atoms with E-state index < -0.39 is 5.82 Å². The maximum Gasteiger partial charge on any atom is 0.168 e. The number of methoxy groups -OCH3 is 1. The van der Waals surface area contributed by atoms with Crippen molar-refractivity contribution in [2.45, 2.75) is 6.42 Å². The molecular formula is C15H12FIO2. The molecule has 0 spiro atoms. The molecule has 0 aromatic heterocycles. The fourth-order valence-corrected chi connectivity index (χ4v) is 2.12. The van der Waals surface area contributed by atoms with Gasteiger partial charge in [-0.3, -0.25) is 4.79 Å². The summed E-state index contributed by atoms with van der Waals surface area (Å²) >= 11 is 2.17. The van der Waals surface area contributed by atoms with Gasteiger partial charge in [-0.15, -0.1) is 0 Å². The fourth-order valence-electron chi connectivity index (χ4n) is 1.76. The Morgan fingerprint density at radius 2 is 1.89 bits per heavy atom. The summed E-state index contributed by atoms with van der Waals surface area (Å²) in [5.41, 5.74) is 0.936. The molecule has 2 aromatic rings. The summed E-state index contributed by atoms with van der Waals surface area (Å²) in [5, 5.41) is 0. The Hall–Kier alpha value is -1.43. The van der Waals surface area contributed by atoms with Gasteiger partial charge in [0.15, 0.2) is 17.3 Å². The summed E-state index contributed by atoms with van der Waals surface area (Å²) in [6.45, 7) is 0. The van der Waals surface area contributed by atoms with E-state index in [1.165, 1.54) is 13.2 Å². The van der Waals surface area contributed by atoms with Crippen molar-refractivity contribution in [3.63, 3.8) is 0 Å². The molecular weight excluding hydrogens is 358 g/mol. The van der Waals surface area contributed by atoms with Crippen LogP contribution in [0.1, 0.15) is 15.9 Å². The van der Waals surface area contributed by atoms with Crippen molar-refractivity contribution >= 4 is 28.4 Å². The van der Waals surface area contributed by atoms with Crippen LogP contribution in [-0.4, -0.2) is 12.9 Å². The molecule has 0 N–H and O–H groups in total. The van der Waals surface area contributed by atoms with E-state index in [-0.39, 0.29) is 18.0 Å². The van der Waals surface area contributed by atoms with Crippen LogP contribution in [0.5, 0.6) is 5.75 Å². The van der Waals surface area contributed by atoms with Gasteiger partial charge in [-0.1, -0.05) is 24.3 Å². The van der Waals surface area contributed by atoms with Crippen LogP contribution in [0, 0.1) is 9.39 Å². The second kappa shape index (κ2) is 6.14. The van der Waals surface area contributed by atoms with Crippen LogP contribution < -0.4 is 4.74 Å². The zero-order chi connectivity index (χ0) is 13.8. The molecule has 98 valence electrons. The fraction of sp³-hybridized carbons (Fsp3) is 0.133. The molecule has 0 amide bonds. The molecule has 0 unspecified atom stereocenters. The number of rotatable bonds is 4. The first kappa shape index (κ1) is 14.0. The zero-order valence-electron chi connectivity index (χ0n) is 10.3. The van der Waals surface area contributed by atoms with E-state index in [9.17, 15) is 9.18 Å². The summed E-state index contributed by atoms with van der Waals surface area (Å²) in [6, 6.07) is 12.0. The van der Waals surface area contributed by atoms with Crippen LogP contribution in [-0.2, 0) is 6.42 Å². The van der Waals surface area contributed by atoms with Gasteiger partial charge in [-0.25, -0.2) is 4.39 Å². The second-order valence-corrected chi connectivity index (χ2v) is 5.29. The van der Waals surface area contributed by atoms with Gasteiger partial charge in [-0.05, 0) is 46.4 Å². The average Bonchev–Trinajstić information content (AvgIpc) is 2.42. The minimum atomic E-state index is -0.469. The highest BCUT2D eigenvalue weighted by atomic mass is 127. The van der Waals surface area contributed by atoms with Crippen LogP contribution in [0.4, 0.5) is 4.39 Å². The number of hydrogen-bond donors (Lipinski definition) is 0. The van der Waals surface area contributed by atoms with Crippen molar-refractivity contribution in [1.29, 1.82) is 0 Å². The summed E-state index contributed by atoms with van der Waals surface area (Å²) in [7, 11) is 1.41. The highest BCUT2D eigenvalue weighted by Crippen LogP contribution is 2.21. The predicted molar refractivity (Wildman–Crippen MR) is 80.1 cm³/mol. The van der Waals surface area contributed by atoms with E-state index >= 15 is 0 Å². The van der Waals surface area contributed by atoms with E-state index in [0.717, 1.165) is 3.57 Å². The summed E-state index contributed by atoms with van der Waals surface area (Å²) in [5.74, 6) is -0.416. The van der Waals surface area contributed by atoms with E-state index in [1.54, 1.807) is 24.3 Å². The highest BCUT2D eigenvalue weighted by molar-refractivity contribution is 14.1. The third-order valence-electron chi connectivity index (χ3n) is 2.78. The van der Waals surface area contributed by atoms with Crippen molar-refractivity contribution in [3.8, 4) is 5.75 Å². The molecule has 4 heteroatoms. The normalized spacial score (nSPS) is 10.3. The SMILES string of the molecule is COc1cccc(CC(=O)c2ccc(I)cc2)c1F. The Balaban J connectivity index is 2.21. The van der Waals surface area contributed by atoms with E-state index in [0.29, 0.717) is 11.1 Å². The van der Waals surface area contributed by atoms with Crippen LogP contribution in [0.25, 0.3) is 0 Å². The van der Waals surface area contributed by atoms with Crippen molar-refractivity contribution in [2.24, 2.45) is 0 Å². The van der Waals surface area contributed by atoms with Gasteiger partial charge in [0.2, 0.25) is 0 Å². The first-order chi connectivity index (χ1) is 9.11. The molecule has 0 bridgehead atoms. The summed E-state index contributed by atoms with van der Waals surface area (Å²) in [4.78, 5) is 12.1. The number of ketones is 1. The zero-order valence-corrected chi connectivity index (χ0v) is 12.5. The standard InChI is InChI=1S/C15H12FIO2/c1-19-14-4-2-3-11(15(14)16)9-13(18)10-5-7-12(17)8-6-10/h2-8H,9H2,1H3. The van der Waals surface area contributed by atoms with Gasteiger partial charge in [0.25, 0.3) is 0 Å². The second-order valence-electron chi connectivity index (χ2n) is 4.04. The molecule has 0 aliphatic carbocycles. The first-order valence-electron chi connectivity index (χ1n) is 5.72. The van der Waals surface area contributed by atoms with E-state index in [2.05, 4.69) is 22.6 Å². The third kappa shape index (κ3) is 3.32. The number of halogens is 2. The summed E-state index contributed by atoms with van der Waals surface area (Å²) < 4.78 is 19.9. The van der Waals surface area contributed by atoms with Crippen LogP contribution >= 0.6 is 22.6 Å². The van der Waals surface area contributed by atoms with Crippen molar-refractivity contribution in [2.75, 3.05) is 7.11 Å². The maximum absolute atomic E-state index is 13.9. The Morgan fingerprint density at radius 1 is 1.21 bits per heavy atom. The number of hydrogen-bond acceptors (Lipinski definition) is 2. The topological polar surface area (TPSA) is 26.3 Å². The van der Waals surface area contributed by atoms with Crippen molar-refractivity contribution in [3.05, 3.63) is 63.0 Å². The van der Waals surface area contributed by atoms with Gasteiger partial charge in [0.1, 0.15) is 0 Å². The molecule has 19 heavy (non-hydrogen) atoms. The van der Waals surface area contributed by atoms with Gasteiger partial charge < -0.3 is 4.74 Å². The Bertz CT molecular complexity index is 594. The van der Waals surface area contributed by atoms with E-state index in [4.69, 9.17) is 4.74 Å². The van der Waals surface area contributed by atoms with Gasteiger partial charge >= 0.3 is 0 Å². The largest absolute Gasteiger partial charge is 0.494 e. The first-order valence-corrected chi connectivity index (χ1v) is 6.80. The summed E-state index contributed by atoms with van der Waals surface area (Å²) in [6.07, 6.45) is 0.0314. The molecule has 0 fully saturated rings. The predicted octanol–water partition coefficient (Wildman–Crippen LogP) is 3.86. The molecule has 2 rings (SSSR count). The molecule has 2 aromatic carbocycles. The molecule has 0 saturated carbocycles. The van der Waals surface area contributed by atoms with Gasteiger partial charge in [0.05, 0.1) is 7.11 Å². The minimum absolute atomic E-state index is 0.0314. The molecule has 0 radical (unpaired) electrons. The van der Waals surface area contributed by atoms with Crippen LogP contribution in [0.15, 0.2) is 42.5 Å². The van der Waals surface area contributed by atoms with E-state index in [1.807, 2.05) is 12.1 Å². The lowest BCUT2D eigenvalue weighted by Crippen LogP contribution is -2.06. The number of Topliss-reactive ketones (excluding diaryl/α,β-unsaturated/α-hetero) is 1. The van der Waals surface area contributed by atoms with Crippen LogP contribution in [0.3, 0.4) is 0 Å². The van der Waals surface area contributed by atoms with Crippen LogP contribution in [0.2, 0.25) is 0 Å². The Labute approximate surface area is 124 Å². The number of ether oxygens (including phenoxy) is 1. The molecule has 0 saturated heterocycles. The molecule has 0 heterocycles. The average molecular weight is 370 g/mol. The molecule has 2 nitrogen and oxygen atoms in total. The smallest absolute Gasteiger partial charge is 0.168 e. The quantitative estimate of drug-likeness (QED) is 0.604. The van der Waals surface area contributed by atoms with Gasteiger partial charge in [0, 0.05) is 15.6 Å². The Morgan fingerprint density at radius 3 is 2.53 bits per heavy atom. The monoisotopic (exact) mass is 370 g/mol. The number of carbonyl (C=O) groups excluding carboxylic acids is 1. The van der Waals surface area contributed by atoms with Gasteiger partial charge in [-0.2, -0.15) is 0 Å². The Kier molecular flexibility index (Phi) is 4.52.